The smallest absolute Gasteiger partial charge is 0.252 e. The third-order valence-corrected chi connectivity index (χ3v) is 6.66. The van der Waals surface area contributed by atoms with Gasteiger partial charge in [-0.05, 0) is 61.8 Å². The van der Waals surface area contributed by atoms with Crippen LogP contribution in [-0.4, -0.2) is 58.8 Å². The van der Waals surface area contributed by atoms with Gasteiger partial charge in [-0.15, -0.1) is 0 Å². The molecule has 0 radical (unpaired) electrons. The fraction of sp³-hybridized carbons (Fsp3) is 0.296. The first-order valence-electron chi connectivity index (χ1n) is 12.1. The highest BCUT2D eigenvalue weighted by atomic mass is 16.6. The zero-order chi connectivity index (χ0) is 23.6. The predicted molar refractivity (Wildman–Crippen MR) is 133 cm³/mol. The van der Waals surface area contributed by atoms with Crippen LogP contribution in [0.25, 0.3) is 22.0 Å². The van der Waals surface area contributed by atoms with E-state index in [4.69, 9.17) is 14.5 Å². The normalized spacial score (nSPS) is 17.5. The van der Waals surface area contributed by atoms with Crippen LogP contribution in [0.2, 0.25) is 0 Å². The Labute approximate surface area is 203 Å². The Morgan fingerprint density at radius 3 is 2.77 bits per heavy atom. The van der Waals surface area contributed by atoms with E-state index in [9.17, 15) is 4.79 Å². The number of benzene rings is 2. The van der Waals surface area contributed by atoms with Crippen molar-refractivity contribution in [1.82, 2.24) is 25.4 Å². The largest absolute Gasteiger partial charge is 0.485 e. The summed E-state index contributed by atoms with van der Waals surface area (Å²) in [6.07, 6.45) is 5.66. The molecule has 0 bridgehead atoms. The van der Waals surface area contributed by atoms with Gasteiger partial charge in [0.15, 0.2) is 17.6 Å². The number of carbonyl (C=O) groups is 1. The zero-order valence-electron chi connectivity index (χ0n) is 19.4. The van der Waals surface area contributed by atoms with Crippen LogP contribution in [0.4, 0.5) is 0 Å². The van der Waals surface area contributed by atoms with Crippen molar-refractivity contribution in [1.29, 1.82) is 0 Å². The molecule has 4 heterocycles. The monoisotopic (exact) mass is 469 g/mol. The molecule has 1 amide bonds. The van der Waals surface area contributed by atoms with Crippen LogP contribution in [0.1, 0.15) is 35.0 Å². The SMILES string of the molecule is O=C(NCCN1CCCC1)c1cc(C2COc3ccccc3O2)nc2ccc(-c3cn[nH]c3)cc12. The Morgan fingerprint density at radius 1 is 1.09 bits per heavy atom. The van der Waals surface area contributed by atoms with E-state index in [0.717, 1.165) is 41.7 Å². The minimum absolute atomic E-state index is 0.112. The zero-order valence-corrected chi connectivity index (χ0v) is 19.4. The van der Waals surface area contributed by atoms with Crippen LogP contribution in [0.5, 0.6) is 11.5 Å². The third kappa shape index (κ3) is 4.44. The lowest BCUT2D eigenvalue weighted by molar-refractivity contribution is 0.0881. The molecule has 1 saturated heterocycles. The van der Waals surface area contributed by atoms with Crippen molar-refractivity contribution in [2.75, 3.05) is 32.8 Å². The molecular formula is C27H27N5O3. The van der Waals surface area contributed by atoms with E-state index in [0.29, 0.717) is 35.9 Å². The summed E-state index contributed by atoms with van der Waals surface area (Å²) in [5.41, 5.74) is 3.92. The number of hydrogen-bond acceptors (Lipinski definition) is 6. The number of carbonyl (C=O) groups excluding carboxylic acids is 1. The highest BCUT2D eigenvalue weighted by Gasteiger charge is 2.26. The Kier molecular flexibility index (Phi) is 5.79. The van der Waals surface area contributed by atoms with Crippen molar-refractivity contribution in [2.45, 2.75) is 18.9 Å². The summed E-state index contributed by atoms with van der Waals surface area (Å²) in [6.45, 7) is 4.01. The molecule has 0 spiro atoms. The number of aromatic nitrogens is 3. The first kappa shape index (κ1) is 21.6. The van der Waals surface area contributed by atoms with Gasteiger partial charge in [0.25, 0.3) is 5.91 Å². The lowest BCUT2D eigenvalue weighted by Crippen LogP contribution is -2.33. The van der Waals surface area contributed by atoms with Crippen molar-refractivity contribution in [2.24, 2.45) is 0 Å². The van der Waals surface area contributed by atoms with E-state index >= 15 is 0 Å². The number of rotatable bonds is 6. The lowest BCUT2D eigenvalue weighted by Gasteiger charge is -2.26. The summed E-state index contributed by atoms with van der Waals surface area (Å²) in [4.78, 5) is 20.7. The van der Waals surface area contributed by atoms with Crippen LogP contribution in [-0.2, 0) is 0 Å². The summed E-state index contributed by atoms with van der Waals surface area (Å²) in [6, 6.07) is 15.4. The van der Waals surface area contributed by atoms with Crippen LogP contribution in [0.15, 0.2) is 60.9 Å². The fourth-order valence-electron chi connectivity index (χ4n) is 4.78. The summed E-state index contributed by atoms with van der Waals surface area (Å²) >= 11 is 0. The van der Waals surface area contributed by atoms with Gasteiger partial charge in [-0.3, -0.25) is 9.89 Å². The topological polar surface area (TPSA) is 92.4 Å². The Hall–Kier alpha value is -3.91. The van der Waals surface area contributed by atoms with Gasteiger partial charge < -0.3 is 19.7 Å². The first-order chi connectivity index (χ1) is 17.2. The van der Waals surface area contributed by atoms with E-state index in [-0.39, 0.29) is 5.91 Å². The van der Waals surface area contributed by atoms with Crippen LogP contribution in [0, 0.1) is 0 Å². The van der Waals surface area contributed by atoms with E-state index in [1.807, 2.05) is 54.7 Å². The van der Waals surface area contributed by atoms with Gasteiger partial charge in [0.1, 0.15) is 6.61 Å². The summed E-state index contributed by atoms with van der Waals surface area (Å²) in [7, 11) is 0. The highest BCUT2D eigenvalue weighted by molar-refractivity contribution is 6.07. The molecule has 178 valence electrons. The van der Waals surface area contributed by atoms with E-state index in [1.54, 1.807) is 6.20 Å². The summed E-state index contributed by atoms with van der Waals surface area (Å²) < 4.78 is 12.1. The van der Waals surface area contributed by atoms with Crippen molar-refractivity contribution >= 4 is 16.8 Å². The number of pyridine rings is 1. The van der Waals surface area contributed by atoms with Gasteiger partial charge in [-0.25, -0.2) is 4.98 Å². The molecule has 35 heavy (non-hydrogen) atoms. The second kappa shape index (κ2) is 9.38. The fourth-order valence-corrected chi connectivity index (χ4v) is 4.78. The molecule has 2 aliphatic heterocycles. The van der Waals surface area contributed by atoms with Crippen molar-refractivity contribution in [3.05, 3.63) is 72.2 Å². The predicted octanol–water partition coefficient (Wildman–Crippen LogP) is 3.96. The molecule has 2 aliphatic rings. The van der Waals surface area contributed by atoms with Crippen molar-refractivity contribution in [3.8, 4) is 22.6 Å². The number of nitrogens with one attached hydrogen (secondary N) is 2. The Balaban J connectivity index is 1.34. The van der Waals surface area contributed by atoms with Crippen molar-refractivity contribution in [3.63, 3.8) is 0 Å². The molecule has 1 atom stereocenters. The van der Waals surface area contributed by atoms with Crippen LogP contribution >= 0.6 is 0 Å². The quantitative estimate of drug-likeness (QED) is 0.444. The van der Waals surface area contributed by atoms with E-state index < -0.39 is 6.10 Å². The number of likely N-dealkylation sites (tertiary alicyclic amines) is 1. The number of hydrogen-bond donors (Lipinski definition) is 2. The molecule has 4 aromatic rings. The summed E-state index contributed by atoms with van der Waals surface area (Å²) in [5, 5.41) is 10.8. The first-order valence-corrected chi connectivity index (χ1v) is 12.1. The van der Waals surface area contributed by atoms with Gasteiger partial charge in [-0.1, -0.05) is 18.2 Å². The van der Waals surface area contributed by atoms with Gasteiger partial charge in [0.05, 0.1) is 23.0 Å². The standard InChI is InChI=1S/C27H27N5O3/c33-27(28-9-12-32-10-3-4-11-32)21-14-23(26-17-34-24-5-1-2-6-25(24)35-26)31-22-8-7-18(13-20(21)22)19-15-29-30-16-19/h1-2,5-8,13-16,26H,3-4,9-12,17H2,(H,28,33)(H,29,30). The van der Waals surface area contributed by atoms with Crippen molar-refractivity contribution < 1.29 is 14.3 Å². The second-order valence-corrected chi connectivity index (χ2v) is 8.98. The molecule has 8 nitrogen and oxygen atoms in total. The molecule has 2 aromatic carbocycles. The molecule has 8 heteroatoms. The number of para-hydroxylation sites is 2. The van der Waals surface area contributed by atoms with Gasteiger partial charge in [0.2, 0.25) is 0 Å². The average molecular weight is 470 g/mol. The summed E-state index contributed by atoms with van der Waals surface area (Å²) in [5.74, 6) is 1.28. The Bertz CT molecular complexity index is 1350. The van der Waals surface area contributed by atoms with Gasteiger partial charge in [-0.2, -0.15) is 5.10 Å². The van der Waals surface area contributed by atoms with Crippen LogP contribution in [0.3, 0.4) is 0 Å². The van der Waals surface area contributed by atoms with E-state index in [1.165, 1.54) is 12.8 Å². The Morgan fingerprint density at radius 2 is 1.94 bits per heavy atom. The minimum atomic E-state index is -0.404. The molecular weight excluding hydrogens is 442 g/mol. The lowest BCUT2D eigenvalue weighted by atomic mass is 10.0. The number of H-pyrrole nitrogens is 1. The van der Waals surface area contributed by atoms with Crippen LogP contribution < -0.4 is 14.8 Å². The second-order valence-electron chi connectivity index (χ2n) is 8.98. The number of amides is 1. The minimum Gasteiger partial charge on any atom is -0.485 e. The van der Waals surface area contributed by atoms with E-state index in [2.05, 4.69) is 20.4 Å². The third-order valence-electron chi connectivity index (χ3n) is 6.66. The maximum absolute atomic E-state index is 13.4. The molecule has 2 N–H and O–H groups in total. The highest BCUT2D eigenvalue weighted by Crippen LogP contribution is 2.36. The van der Waals surface area contributed by atoms with Gasteiger partial charge in [0, 0.05) is 30.2 Å². The molecule has 0 saturated carbocycles. The maximum Gasteiger partial charge on any atom is 0.252 e. The molecule has 1 fully saturated rings. The molecule has 0 aliphatic carbocycles. The van der Waals surface area contributed by atoms with Gasteiger partial charge >= 0.3 is 0 Å². The maximum atomic E-state index is 13.4. The number of fused-ring (bicyclic) bond motifs is 2. The molecule has 6 rings (SSSR count). The molecule has 1 unspecified atom stereocenters. The molecule has 2 aromatic heterocycles. The number of nitrogens with zero attached hydrogens (tertiary/aromatic N) is 3. The number of aromatic amines is 1. The average Bonchev–Trinajstić information content (AvgIpc) is 3.62. The number of ether oxygens (including phenoxy) is 2.